The van der Waals surface area contributed by atoms with Crippen LogP contribution in [0.2, 0.25) is 0 Å². The third-order valence-corrected chi connectivity index (χ3v) is 4.59. The molecule has 1 atom stereocenters. The number of amides is 1. The second kappa shape index (κ2) is 5.32. The maximum Gasteiger partial charge on any atom is 0.261 e. The molecule has 0 bridgehead atoms. The van der Waals surface area contributed by atoms with Crippen LogP contribution in [0.3, 0.4) is 0 Å². The zero-order valence-electron chi connectivity index (χ0n) is 13.3. The molecule has 0 aliphatic carbocycles. The summed E-state index contributed by atoms with van der Waals surface area (Å²) in [5, 5.41) is 11.7. The minimum absolute atomic E-state index is 0.189. The van der Waals surface area contributed by atoms with Crippen molar-refractivity contribution in [2.24, 2.45) is 0 Å². The molecular weight excluding hydrogens is 298 g/mol. The van der Waals surface area contributed by atoms with Gasteiger partial charge in [-0.1, -0.05) is 66.7 Å². The zero-order chi connectivity index (χ0) is 16.7. The van der Waals surface area contributed by atoms with Gasteiger partial charge in [-0.05, 0) is 24.6 Å². The highest BCUT2D eigenvalue weighted by molar-refractivity contribution is 6.12. The molecule has 3 heteroatoms. The molecular formula is C21H17NO2. The Morgan fingerprint density at radius 1 is 0.833 bits per heavy atom. The van der Waals surface area contributed by atoms with E-state index < -0.39 is 5.72 Å². The molecule has 1 aliphatic rings. The predicted molar refractivity (Wildman–Crippen MR) is 93.9 cm³/mol. The van der Waals surface area contributed by atoms with Gasteiger partial charge in [-0.15, -0.1) is 0 Å². The molecule has 0 aromatic heterocycles. The van der Waals surface area contributed by atoms with E-state index in [1.807, 2.05) is 79.7 Å². The molecule has 0 saturated carbocycles. The number of fused-ring (bicyclic) bond motifs is 1. The van der Waals surface area contributed by atoms with E-state index >= 15 is 0 Å². The van der Waals surface area contributed by atoms with E-state index in [9.17, 15) is 9.90 Å². The monoisotopic (exact) mass is 315 g/mol. The second-order valence-electron chi connectivity index (χ2n) is 6.01. The highest BCUT2D eigenvalue weighted by atomic mass is 16.3. The summed E-state index contributed by atoms with van der Waals surface area (Å²) in [5.74, 6) is -0.189. The topological polar surface area (TPSA) is 40.5 Å². The molecule has 1 aliphatic heterocycles. The van der Waals surface area contributed by atoms with Gasteiger partial charge < -0.3 is 5.11 Å². The Morgan fingerprint density at radius 2 is 1.46 bits per heavy atom. The maximum atomic E-state index is 13.1. The minimum Gasteiger partial charge on any atom is -0.363 e. The van der Waals surface area contributed by atoms with Crippen LogP contribution in [0.1, 0.15) is 27.0 Å². The highest BCUT2D eigenvalue weighted by Gasteiger charge is 2.50. The Labute approximate surface area is 140 Å². The maximum absolute atomic E-state index is 13.1. The van der Waals surface area contributed by atoms with Crippen molar-refractivity contribution in [3.05, 3.63) is 101 Å². The lowest BCUT2D eigenvalue weighted by atomic mass is 9.93. The van der Waals surface area contributed by atoms with Gasteiger partial charge in [0.15, 0.2) is 5.72 Å². The van der Waals surface area contributed by atoms with Crippen molar-refractivity contribution in [1.82, 2.24) is 0 Å². The first-order valence-electron chi connectivity index (χ1n) is 7.91. The molecule has 1 N–H and O–H groups in total. The van der Waals surface area contributed by atoms with E-state index in [1.54, 1.807) is 6.07 Å². The standard InChI is InChI=1S/C21H17NO2/c1-15-9-5-8-14-19(15)22-20(23)17-12-6-7-13-18(17)21(22,24)16-10-3-2-4-11-16/h2-14,24H,1H3/t21-/m0/s1. The number of para-hydroxylation sites is 1. The van der Waals surface area contributed by atoms with Crippen LogP contribution in [0.5, 0.6) is 0 Å². The molecule has 0 fully saturated rings. The fourth-order valence-electron chi connectivity index (χ4n) is 3.41. The van der Waals surface area contributed by atoms with Gasteiger partial charge in [-0.3, -0.25) is 9.69 Å². The number of hydrogen-bond acceptors (Lipinski definition) is 2. The lowest BCUT2D eigenvalue weighted by Crippen LogP contribution is -2.45. The summed E-state index contributed by atoms with van der Waals surface area (Å²) in [4.78, 5) is 14.6. The van der Waals surface area contributed by atoms with E-state index in [-0.39, 0.29) is 5.91 Å². The molecule has 3 nitrogen and oxygen atoms in total. The first-order chi connectivity index (χ1) is 11.6. The average molecular weight is 315 g/mol. The number of hydrogen-bond donors (Lipinski definition) is 1. The Kier molecular flexibility index (Phi) is 3.25. The van der Waals surface area contributed by atoms with Crippen molar-refractivity contribution in [2.45, 2.75) is 12.6 Å². The summed E-state index contributed by atoms with van der Waals surface area (Å²) in [6.07, 6.45) is 0. The average Bonchev–Trinajstić information content (AvgIpc) is 2.86. The third kappa shape index (κ3) is 1.92. The summed E-state index contributed by atoms with van der Waals surface area (Å²) in [7, 11) is 0. The summed E-state index contributed by atoms with van der Waals surface area (Å²) in [6, 6.07) is 24.2. The predicted octanol–water partition coefficient (Wildman–Crippen LogP) is 3.85. The number of benzene rings is 3. The van der Waals surface area contributed by atoms with Crippen molar-refractivity contribution in [3.8, 4) is 0 Å². The van der Waals surface area contributed by atoms with Crippen molar-refractivity contribution < 1.29 is 9.90 Å². The molecule has 3 aromatic carbocycles. The van der Waals surface area contributed by atoms with Crippen molar-refractivity contribution in [1.29, 1.82) is 0 Å². The first kappa shape index (κ1) is 14.7. The molecule has 0 saturated heterocycles. The second-order valence-corrected chi connectivity index (χ2v) is 6.01. The van der Waals surface area contributed by atoms with Gasteiger partial charge in [0.1, 0.15) is 0 Å². The number of nitrogens with zero attached hydrogens (tertiary/aromatic N) is 1. The van der Waals surface area contributed by atoms with Crippen LogP contribution >= 0.6 is 0 Å². The molecule has 1 amide bonds. The van der Waals surface area contributed by atoms with Gasteiger partial charge in [0.25, 0.3) is 5.91 Å². The number of anilines is 1. The lowest BCUT2D eigenvalue weighted by Gasteiger charge is -2.35. The summed E-state index contributed by atoms with van der Waals surface area (Å²) in [5.41, 5.74) is 1.96. The van der Waals surface area contributed by atoms with E-state index in [0.29, 0.717) is 22.4 Å². The Morgan fingerprint density at radius 3 is 2.21 bits per heavy atom. The van der Waals surface area contributed by atoms with Gasteiger partial charge in [0, 0.05) is 16.7 Å². The molecule has 24 heavy (non-hydrogen) atoms. The van der Waals surface area contributed by atoms with E-state index in [2.05, 4.69) is 0 Å². The van der Waals surface area contributed by atoms with Crippen molar-refractivity contribution >= 4 is 11.6 Å². The number of carbonyl (C=O) groups excluding carboxylic acids is 1. The number of carbonyl (C=O) groups is 1. The number of aryl methyl sites for hydroxylation is 1. The quantitative estimate of drug-likeness (QED) is 0.780. The third-order valence-electron chi connectivity index (χ3n) is 4.59. The largest absolute Gasteiger partial charge is 0.363 e. The van der Waals surface area contributed by atoms with E-state index in [0.717, 1.165) is 5.56 Å². The lowest BCUT2D eigenvalue weighted by molar-refractivity contribution is 0.0702. The van der Waals surface area contributed by atoms with Crippen LogP contribution < -0.4 is 4.90 Å². The van der Waals surface area contributed by atoms with Gasteiger partial charge in [-0.2, -0.15) is 0 Å². The SMILES string of the molecule is Cc1ccccc1N1C(=O)c2ccccc2[C@@]1(O)c1ccccc1. The van der Waals surface area contributed by atoms with Crippen LogP contribution in [0, 0.1) is 6.92 Å². The normalized spacial score (nSPS) is 19.4. The number of aliphatic hydroxyl groups is 1. The first-order valence-corrected chi connectivity index (χ1v) is 7.91. The van der Waals surface area contributed by atoms with Crippen molar-refractivity contribution in [3.63, 3.8) is 0 Å². The van der Waals surface area contributed by atoms with Gasteiger partial charge in [0.2, 0.25) is 0 Å². The van der Waals surface area contributed by atoms with Crippen LogP contribution in [-0.4, -0.2) is 11.0 Å². The van der Waals surface area contributed by atoms with Gasteiger partial charge in [-0.25, -0.2) is 0 Å². The van der Waals surface area contributed by atoms with E-state index in [1.165, 1.54) is 4.90 Å². The Bertz CT molecular complexity index is 920. The van der Waals surface area contributed by atoms with E-state index in [4.69, 9.17) is 0 Å². The summed E-state index contributed by atoms with van der Waals surface area (Å²) >= 11 is 0. The zero-order valence-corrected chi connectivity index (χ0v) is 13.3. The molecule has 3 aromatic rings. The fourth-order valence-corrected chi connectivity index (χ4v) is 3.41. The number of rotatable bonds is 2. The highest BCUT2D eigenvalue weighted by Crippen LogP contribution is 2.45. The van der Waals surface area contributed by atoms with Crippen LogP contribution in [0.25, 0.3) is 0 Å². The summed E-state index contributed by atoms with van der Waals surface area (Å²) in [6.45, 7) is 1.94. The summed E-state index contributed by atoms with van der Waals surface area (Å²) < 4.78 is 0. The van der Waals surface area contributed by atoms with Gasteiger partial charge in [0.05, 0.1) is 5.69 Å². The van der Waals surface area contributed by atoms with Crippen LogP contribution in [0.4, 0.5) is 5.69 Å². The molecule has 0 spiro atoms. The minimum atomic E-state index is -1.51. The molecule has 0 radical (unpaired) electrons. The van der Waals surface area contributed by atoms with Crippen LogP contribution in [0.15, 0.2) is 78.9 Å². The van der Waals surface area contributed by atoms with Crippen LogP contribution in [-0.2, 0) is 5.72 Å². The molecule has 4 rings (SSSR count). The smallest absolute Gasteiger partial charge is 0.261 e. The molecule has 0 unspecified atom stereocenters. The van der Waals surface area contributed by atoms with Crippen molar-refractivity contribution in [2.75, 3.05) is 4.90 Å². The van der Waals surface area contributed by atoms with Gasteiger partial charge >= 0.3 is 0 Å². The molecule has 1 heterocycles. The fraction of sp³-hybridized carbons (Fsp3) is 0.0952. The molecule has 118 valence electrons. The Balaban J connectivity index is 2.03. The Hall–Kier alpha value is -2.91.